The van der Waals surface area contributed by atoms with E-state index in [1.165, 1.54) is 7.11 Å². The molecule has 0 atom stereocenters. The van der Waals surface area contributed by atoms with Gasteiger partial charge < -0.3 is 14.8 Å². The number of rotatable bonds is 7. The Labute approximate surface area is 140 Å². The quantitative estimate of drug-likeness (QED) is 0.613. The molecule has 0 saturated carbocycles. The van der Waals surface area contributed by atoms with E-state index in [0.29, 0.717) is 23.6 Å². The number of hydrogen-bond donors (Lipinski definition) is 1. The second kappa shape index (κ2) is 8.58. The van der Waals surface area contributed by atoms with Gasteiger partial charge in [-0.2, -0.15) is 0 Å². The second-order valence-electron chi connectivity index (χ2n) is 5.28. The van der Waals surface area contributed by atoms with E-state index in [0.717, 1.165) is 30.6 Å². The summed E-state index contributed by atoms with van der Waals surface area (Å²) in [6.45, 7) is 0.822. The summed E-state index contributed by atoms with van der Waals surface area (Å²) < 4.78 is 10.1. The zero-order valence-corrected chi connectivity index (χ0v) is 13.8. The van der Waals surface area contributed by atoms with E-state index in [-0.39, 0.29) is 18.5 Å². The molecular weight excluding hydrogens is 318 g/mol. The van der Waals surface area contributed by atoms with Gasteiger partial charge in [0.2, 0.25) is 0 Å². The Kier molecular flexibility index (Phi) is 6.47. The minimum atomic E-state index is -0.198. The number of benzene rings is 1. The highest BCUT2D eigenvalue weighted by molar-refractivity contribution is 6.30. The van der Waals surface area contributed by atoms with E-state index in [1.807, 2.05) is 0 Å². The summed E-state index contributed by atoms with van der Waals surface area (Å²) in [7, 11) is 1.38. The van der Waals surface area contributed by atoms with Crippen LogP contribution in [0.5, 0.6) is 5.75 Å². The summed E-state index contributed by atoms with van der Waals surface area (Å²) >= 11 is 5.95. The third-order valence-corrected chi connectivity index (χ3v) is 3.78. The number of hydrogen-bond acceptors (Lipinski definition) is 4. The number of nitrogens with one attached hydrogen (secondary N) is 1. The van der Waals surface area contributed by atoms with Crippen molar-refractivity contribution < 1.29 is 19.1 Å². The number of carbonyl (C=O) groups excluding carboxylic acids is 2. The van der Waals surface area contributed by atoms with Crippen molar-refractivity contribution in [2.75, 3.05) is 20.3 Å². The van der Waals surface area contributed by atoms with Crippen LogP contribution < -0.4 is 10.1 Å². The molecule has 1 aliphatic rings. The highest BCUT2D eigenvalue weighted by Crippen LogP contribution is 2.28. The molecule has 124 valence electrons. The first-order valence-electron chi connectivity index (χ1n) is 7.58. The first-order valence-corrected chi connectivity index (χ1v) is 7.96. The number of unbranched alkanes of at least 4 members (excludes halogenated alkanes) is 2. The Morgan fingerprint density at radius 1 is 1.30 bits per heavy atom. The summed E-state index contributed by atoms with van der Waals surface area (Å²) in [5.41, 5.74) is 1.39. The maximum atomic E-state index is 12.1. The van der Waals surface area contributed by atoms with Crippen LogP contribution in [0.25, 0.3) is 6.08 Å². The number of esters is 1. The summed E-state index contributed by atoms with van der Waals surface area (Å²) in [5.74, 6) is 0.397. The van der Waals surface area contributed by atoms with Gasteiger partial charge in [0.1, 0.15) is 12.4 Å². The van der Waals surface area contributed by atoms with Gasteiger partial charge in [-0.1, -0.05) is 18.0 Å². The molecule has 6 heteroatoms. The second-order valence-corrected chi connectivity index (χ2v) is 5.72. The van der Waals surface area contributed by atoms with E-state index in [1.54, 1.807) is 24.3 Å². The fourth-order valence-electron chi connectivity index (χ4n) is 2.27. The molecule has 1 N–H and O–H groups in total. The highest BCUT2D eigenvalue weighted by atomic mass is 35.5. The Morgan fingerprint density at radius 2 is 2.13 bits per heavy atom. The molecule has 0 fully saturated rings. The summed E-state index contributed by atoms with van der Waals surface area (Å²) in [6, 6.07) is 5.33. The number of carbonyl (C=O) groups is 2. The first kappa shape index (κ1) is 17.3. The molecule has 0 bridgehead atoms. The van der Waals surface area contributed by atoms with Crippen LogP contribution in [0.1, 0.15) is 31.2 Å². The number of fused-ring (bicyclic) bond motifs is 1. The molecule has 2 rings (SSSR count). The van der Waals surface area contributed by atoms with Crippen LogP contribution in [-0.2, 0) is 14.3 Å². The predicted molar refractivity (Wildman–Crippen MR) is 88.4 cm³/mol. The van der Waals surface area contributed by atoms with Crippen molar-refractivity contribution in [2.24, 2.45) is 0 Å². The van der Waals surface area contributed by atoms with Crippen LogP contribution in [-0.4, -0.2) is 32.1 Å². The Balaban J connectivity index is 1.75. The predicted octanol–water partition coefficient (Wildman–Crippen LogP) is 2.97. The molecule has 1 heterocycles. The molecule has 23 heavy (non-hydrogen) atoms. The van der Waals surface area contributed by atoms with Gasteiger partial charge in [0.15, 0.2) is 0 Å². The van der Waals surface area contributed by atoms with Gasteiger partial charge in [0, 0.05) is 23.6 Å². The molecular formula is C17H20ClNO4. The molecule has 0 saturated heterocycles. The lowest BCUT2D eigenvalue weighted by molar-refractivity contribution is -0.140. The van der Waals surface area contributed by atoms with Crippen LogP contribution in [0.2, 0.25) is 5.02 Å². The van der Waals surface area contributed by atoms with Crippen LogP contribution in [0, 0.1) is 0 Å². The minimum absolute atomic E-state index is 0.136. The zero-order valence-electron chi connectivity index (χ0n) is 13.1. The molecule has 0 unspecified atom stereocenters. The van der Waals surface area contributed by atoms with Gasteiger partial charge in [-0.3, -0.25) is 9.59 Å². The smallest absolute Gasteiger partial charge is 0.305 e. The Hall–Kier alpha value is -2.01. The minimum Gasteiger partial charge on any atom is -0.488 e. The first-order chi connectivity index (χ1) is 11.1. The maximum absolute atomic E-state index is 12.1. The van der Waals surface area contributed by atoms with E-state index in [4.69, 9.17) is 16.3 Å². The van der Waals surface area contributed by atoms with Gasteiger partial charge in [-0.25, -0.2) is 0 Å². The maximum Gasteiger partial charge on any atom is 0.305 e. The van der Waals surface area contributed by atoms with E-state index < -0.39 is 0 Å². The third kappa shape index (κ3) is 5.28. The number of methoxy groups -OCH3 is 1. The summed E-state index contributed by atoms with van der Waals surface area (Å²) in [4.78, 5) is 23.1. The van der Waals surface area contributed by atoms with Crippen molar-refractivity contribution in [2.45, 2.75) is 25.7 Å². The summed E-state index contributed by atoms with van der Waals surface area (Å²) in [5, 5.41) is 3.47. The number of halogens is 1. The van der Waals surface area contributed by atoms with E-state index in [9.17, 15) is 9.59 Å². The molecule has 1 aliphatic heterocycles. The van der Waals surface area contributed by atoms with Gasteiger partial charge in [-0.05, 0) is 37.1 Å². The highest BCUT2D eigenvalue weighted by Gasteiger charge is 2.17. The van der Waals surface area contributed by atoms with Gasteiger partial charge in [-0.15, -0.1) is 0 Å². The van der Waals surface area contributed by atoms with Crippen molar-refractivity contribution in [1.82, 2.24) is 5.32 Å². The topological polar surface area (TPSA) is 64.6 Å². The van der Waals surface area contributed by atoms with Crippen molar-refractivity contribution >= 4 is 29.6 Å². The monoisotopic (exact) mass is 337 g/mol. The lowest BCUT2D eigenvalue weighted by Crippen LogP contribution is -2.29. The van der Waals surface area contributed by atoms with Gasteiger partial charge in [0.05, 0.1) is 12.7 Å². The molecule has 1 aromatic rings. The van der Waals surface area contributed by atoms with Crippen LogP contribution in [0.4, 0.5) is 0 Å². The number of ether oxygens (including phenoxy) is 2. The Bertz CT molecular complexity index is 613. The SMILES string of the molecule is COC(=O)CCCCCNC(=O)C1=Cc2cc(Cl)ccc2OC1. The van der Waals surface area contributed by atoms with Gasteiger partial charge in [0.25, 0.3) is 5.91 Å². The van der Waals surface area contributed by atoms with Crippen molar-refractivity contribution in [3.05, 3.63) is 34.4 Å². The normalized spacial score (nSPS) is 12.7. The molecule has 0 aromatic heterocycles. The third-order valence-electron chi connectivity index (χ3n) is 3.55. The fraction of sp³-hybridized carbons (Fsp3) is 0.412. The van der Waals surface area contributed by atoms with Crippen LogP contribution in [0.15, 0.2) is 23.8 Å². The lowest BCUT2D eigenvalue weighted by Gasteiger charge is -2.17. The van der Waals surface area contributed by atoms with Crippen molar-refractivity contribution in [3.63, 3.8) is 0 Å². The Morgan fingerprint density at radius 3 is 2.91 bits per heavy atom. The molecule has 0 radical (unpaired) electrons. The average molecular weight is 338 g/mol. The summed E-state index contributed by atoms with van der Waals surface area (Å²) in [6.07, 6.45) is 4.67. The lowest BCUT2D eigenvalue weighted by atomic mass is 10.1. The molecule has 1 aromatic carbocycles. The van der Waals surface area contributed by atoms with E-state index >= 15 is 0 Å². The molecule has 0 aliphatic carbocycles. The van der Waals surface area contributed by atoms with Crippen molar-refractivity contribution in [3.8, 4) is 5.75 Å². The molecule has 0 spiro atoms. The fourth-order valence-corrected chi connectivity index (χ4v) is 2.45. The molecule has 1 amide bonds. The molecule has 5 nitrogen and oxygen atoms in total. The van der Waals surface area contributed by atoms with Crippen LogP contribution >= 0.6 is 11.6 Å². The number of amides is 1. The zero-order chi connectivity index (χ0) is 16.7. The van der Waals surface area contributed by atoms with Crippen molar-refractivity contribution in [1.29, 1.82) is 0 Å². The van der Waals surface area contributed by atoms with Crippen LogP contribution in [0.3, 0.4) is 0 Å². The average Bonchev–Trinajstić information content (AvgIpc) is 2.56. The van der Waals surface area contributed by atoms with Gasteiger partial charge >= 0.3 is 5.97 Å². The standard InChI is InChI=1S/C17H20ClNO4/c1-22-16(20)5-3-2-4-8-19-17(21)13-9-12-10-14(18)6-7-15(12)23-11-13/h6-7,9-10H,2-5,8,11H2,1H3,(H,19,21). The van der Waals surface area contributed by atoms with E-state index in [2.05, 4.69) is 10.1 Å². The largest absolute Gasteiger partial charge is 0.488 e.